The van der Waals surface area contributed by atoms with Crippen LogP contribution in [0, 0.1) is 6.92 Å². The molecule has 0 aromatic heterocycles. The summed E-state index contributed by atoms with van der Waals surface area (Å²) in [4.78, 5) is 2.30. The number of aryl methyl sites for hydroxylation is 1. The van der Waals surface area contributed by atoms with E-state index >= 15 is 0 Å². The van der Waals surface area contributed by atoms with E-state index in [-0.39, 0.29) is 0 Å². The molecule has 0 saturated heterocycles. The van der Waals surface area contributed by atoms with Crippen molar-refractivity contribution in [2.24, 2.45) is 0 Å². The van der Waals surface area contributed by atoms with Gasteiger partial charge in [0.05, 0.1) is 0 Å². The molecule has 0 atom stereocenters. The molecule has 2 aromatic carbocycles. The van der Waals surface area contributed by atoms with Crippen LogP contribution in [0.5, 0.6) is 0 Å². The van der Waals surface area contributed by atoms with Crippen LogP contribution in [0.2, 0.25) is 0 Å². The smallest absolute Gasteiger partial charge is 0.0428 e. The quantitative estimate of drug-likeness (QED) is 0.768. The Morgan fingerprint density at radius 1 is 1.00 bits per heavy atom. The second-order valence-electron chi connectivity index (χ2n) is 5.63. The van der Waals surface area contributed by atoms with Gasteiger partial charge >= 0.3 is 0 Å². The van der Waals surface area contributed by atoms with Crippen molar-refractivity contribution >= 4 is 5.69 Å². The second kappa shape index (κ2) is 7.84. The topological polar surface area (TPSA) is 15.3 Å². The Balaban J connectivity index is 1.96. The molecule has 0 bridgehead atoms. The van der Waals surface area contributed by atoms with Gasteiger partial charge in [0.2, 0.25) is 0 Å². The fourth-order valence-electron chi connectivity index (χ4n) is 2.41. The molecule has 112 valence electrons. The van der Waals surface area contributed by atoms with E-state index in [2.05, 4.69) is 79.6 Å². The molecule has 2 nitrogen and oxygen atoms in total. The van der Waals surface area contributed by atoms with Crippen LogP contribution in [0.1, 0.15) is 30.0 Å². The van der Waals surface area contributed by atoms with E-state index in [1.54, 1.807) is 0 Å². The van der Waals surface area contributed by atoms with Gasteiger partial charge in [-0.3, -0.25) is 0 Å². The molecular weight excluding hydrogens is 256 g/mol. The monoisotopic (exact) mass is 282 g/mol. The standard InChI is InChI=1S/C19H26N2/c1-4-13-20-14-17-9-11-19(12-10-17)21(3)15-18-8-6-5-7-16(18)2/h5-12,20H,4,13-15H2,1-3H3. The van der Waals surface area contributed by atoms with Crippen LogP contribution in [0.25, 0.3) is 0 Å². The number of hydrogen-bond acceptors (Lipinski definition) is 2. The van der Waals surface area contributed by atoms with Gasteiger partial charge in [0.15, 0.2) is 0 Å². The zero-order valence-corrected chi connectivity index (χ0v) is 13.4. The van der Waals surface area contributed by atoms with Gasteiger partial charge in [-0.25, -0.2) is 0 Å². The number of nitrogens with zero attached hydrogens (tertiary/aromatic N) is 1. The van der Waals surface area contributed by atoms with Crippen molar-refractivity contribution < 1.29 is 0 Å². The SMILES string of the molecule is CCCNCc1ccc(N(C)Cc2ccccc2C)cc1. The van der Waals surface area contributed by atoms with E-state index in [1.165, 1.54) is 28.8 Å². The lowest BCUT2D eigenvalue weighted by Gasteiger charge is -2.21. The Hall–Kier alpha value is -1.80. The van der Waals surface area contributed by atoms with E-state index < -0.39 is 0 Å². The molecule has 21 heavy (non-hydrogen) atoms. The largest absolute Gasteiger partial charge is 0.370 e. The summed E-state index contributed by atoms with van der Waals surface area (Å²) in [5.41, 5.74) is 5.34. The van der Waals surface area contributed by atoms with E-state index in [1.807, 2.05) is 0 Å². The average molecular weight is 282 g/mol. The minimum absolute atomic E-state index is 0.945. The number of benzene rings is 2. The molecule has 2 heteroatoms. The Labute approximate surface area is 128 Å². The number of nitrogens with one attached hydrogen (secondary N) is 1. The Morgan fingerprint density at radius 2 is 1.71 bits per heavy atom. The van der Waals surface area contributed by atoms with Crippen LogP contribution >= 0.6 is 0 Å². The van der Waals surface area contributed by atoms with Gasteiger partial charge in [-0.2, -0.15) is 0 Å². The minimum atomic E-state index is 0.945. The van der Waals surface area contributed by atoms with Crippen LogP contribution < -0.4 is 10.2 Å². The third-order valence-corrected chi connectivity index (χ3v) is 3.80. The third-order valence-electron chi connectivity index (χ3n) is 3.80. The van der Waals surface area contributed by atoms with Gasteiger partial charge in [0.1, 0.15) is 0 Å². The number of rotatable bonds is 7. The van der Waals surface area contributed by atoms with Crippen LogP contribution in [0.15, 0.2) is 48.5 Å². The van der Waals surface area contributed by atoms with Gasteiger partial charge < -0.3 is 10.2 Å². The summed E-state index contributed by atoms with van der Waals surface area (Å²) in [6, 6.07) is 17.4. The molecule has 2 rings (SSSR count). The highest BCUT2D eigenvalue weighted by Gasteiger charge is 2.04. The van der Waals surface area contributed by atoms with E-state index in [4.69, 9.17) is 0 Å². The molecule has 0 saturated carbocycles. The Kier molecular flexibility index (Phi) is 5.82. The minimum Gasteiger partial charge on any atom is -0.370 e. The predicted octanol–water partition coefficient (Wildman–Crippen LogP) is 4.13. The first-order chi connectivity index (χ1) is 10.2. The van der Waals surface area contributed by atoms with Crippen molar-refractivity contribution in [3.8, 4) is 0 Å². The molecule has 0 aliphatic rings. The predicted molar refractivity (Wildman–Crippen MR) is 91.7 cm³/mol. The Bertz CT molecular complexity index is 546. The zero-order valence-electron chi connectivity index (χ0n) is 13.4. The summed E-state index contributed by atoms with van der Waals surface area (Å²) in [7, 11) is 2.15. The summed E-state index contributed by atoms with van der Waals surface area (Å²) in [6.45, 7) is 7.34. The van der Waals surface area contributed by atoms with Crippen molar-refractivity contribution in [1.29, 1.82) is 0 Å². The summed E-state index contributed by atoms with van der Waals surface area (Å²) in [6.07, 6.45) is 1.18. The number of hydrogen-bond donors (Lipinski definition) is 1. The van der Waals surface area contributed by atoms with E-state index in [0.717, 1.165) is 19.6 Å². The summed E-state index contributed by atoms with van der Waals surface area (Å²) in [5, 5.41) is 3.43. The lowest BCUT2D eigenvalue weighted by molar-refractivity contribution is 0.675. The van der Waals surface area contributed by atoms with Crippen molar-refractivity contribution in [3.63, 3.8) is 0 Å². The Morgan fingerprint density at radius 3 is 2.38 bits per heavy atom. The van der Waals surface area contributed by atoms with Gasteiger partial charge in [-0.05, 0) is 48.7 Å². The van der Waals surface area contributed by atoms with E-state index in [0.29, 0.717) is 0 Å². The molecule has 0 unspecified atom stereocenters. The normalized spacial score (nSPS) is 10.6. The summed E-state index contributed by atoms with van der Waals surface area (Å²) in [5.74, 6) is 0. The maximum atomic E-state index is 3.43. The van der Waals surface area contributed by atoms with Gasteiger partial charge in [0, 0.05) is 25.8 Å². The molecule has 0 aliphatic heterocycles. The van der Waals surface area contributed by atoms with Crippen molar-refractivity contribution in [2.75, 3.05) is 18.5 Å². The summed E-state index contributed by atoms with van der Waals surface area (Å²) < 4.78 is 0. The molecule has 0 spiro atoms. The molecule has 0 fully saturated rings. The van der Waals surface area contributed by atoms with Crippen LogP contribution in [0.4, 0.5) is 5.69 Å². The third kappa shape index (κ3) is 4.61. The summed E-state index contributed by atoms with van der Waals surface area (Å²) >= 11 is 0. The first-order valence-corrected chi connectivity index (χ1v) is 7.76. The zero-order chi connectivity index (χ0) is 15.1. The lowest BCUT2D eigenvalue weighted by Crippen LogP contribution is -2.17. The first-order valence-electron chi connectivity index (χ1n) is 7.76. The molecule has 0 amide bonds. The second-order valence-corrected chi connectivity index (χ2v) is 5.63. The molecular formula is C19H26N2. The van der Waals surface area contributed by atoms with Gasteiger partial charge in [-0.15, -0.1) is 0 Å². The van der Waals surface area contributed by atoms with Gasteiger partial charge in [0.25, 0.3) is 0 Å². The van der Waals surface area contributed by atoms with Gasteiger partial charge in [-0.1, -0.05) is 43.3 Å². The highest BCUT2D eigenvalue weighted by Crippen LogP contribution is 2.18. The van der Waals surface area contributed by atoms with Crippen LogP contribution in [0.3, 0.4) is 0 Å². The average Bonchev–Trinajstić information content (AvgIpc) is 2.50. The van der Waals surface area contributed by atoms with Crippen LogP contribution in [-0.2, 0) is 13.1 Å². The highest BCUT2D eigenvalue weighted by molar-refractivity contribution is 5.48. The lowest BCUT2D eigenvalue weighted by atomic mass is 10.1. The highest BCUT2D eigenvalue weighted by atomic mass is 15.1. The van der Waals surface area contributed by atoms with Crippen molar-refractivity contribution in [1.82, 2.24) is 5.32 Å². The first kappa shape index (κ1) is 15.6. The molecule has 2 aromatic rings. The van der Waals surface area contributed by atoms with Crippen LogP contribution in [-0.4, -0.2) is 13.6 Å². The fraction of sp³-hybridized carbons (Fsp3) is 0.368. The molecule has 1 N–H and O–H groups in total. The number of anilines is 1. The maximum Gasteiger partial charge on any atom is 0.0428 e. The fourth-order valence-corrected chi connectivity index (χ4v) is 2.41. The van der Waals surface area contributed by atoms with Crippen molar-refractivity contribution in [2.45, 2.75) is 33.4 Å². The maximum absolute atomic E-state index is 3.43. The molecule has 0 radical (unpaired) electrons. The molecule has 0 aliphatic carbocycles. The molecule has 0 heterocycles. The van der Waals surface area contributed by atoms with E-state index in [9.17, 15) is 0 Å². The van der Waals surface area contributed by atoms with Crippen molar-refractivity contribution in [3.05, 3.63) is 65.2 Å².